The molecule has 1 unspecified atom stereocenters. The highest BCUT2D eigenvalue weighted by Gasteiger charge is 2.44. The Bertz CT molecular complexity index is 285. The van der Waals surface area contributed by atoms with Gasteiger partial charge in [-0.15, -0.1) is 0 Å². The highest BCUT2D eigenvalue weighted by Crippen LogP contribution is 2.40. The van der Waals surface area contributed by atoms with Gasteiger partial charge in [-0.3, -0.25) is 4.90 Å². The van der Waals surface area contributed by atoms with E-state index in [-0.39, 0.29) is 5.54 Å². The molecule has 1 saturated heterocycles. The fraction of sp³-hybridized carbons (Fsp3) is 1.00. The molecule has 0 aromatic heterocycles. The number of nitrogens with two attached hydrogens (primary N) is 1. The van der Waals surface area contributed by atoms with Crippen LogP contribution in [-0.2, 0) is 4.74 Å². The molecule has 1 saturated carbocycles. The van der Waals surface area contributed by atoms with Crippen LogP contribution in [0.2, 0.25) is 0 Å². The molecule has 2 N–H and O–H groups in total. The summed E-state index contributed by atoms with van der Waals surface area (Å²) in [5.74, 6) is 0.888. The maximum atomic E-state index is 6.26. The predicted molar refractivity (Wildman–Crippen MR) is 83.9 cm³/mol. The van der Waals surface area contributed by atoms with Crippen LogP contribution in [0.3, 0.4) is 0 Å². The molecule has 0 aromatic carbocycles. The van der Waals surface area contributed by atoms with Crippen molar-refractivity contribution in [3.05, 3.63) is 0 Å². The van der Waals surface area contributed by atoms with Crippen LogP contribution in [0.15, 0.2) is 0 Å². The third-order valence-electron chi connectivity index (χ3n) is 5.56. The lowest BCUT2D eigenvalue weighted by molar-refractivity contribution is -0.0178. The number of rotatable bonds is 8. The van der Waals surface area contributed by atoms with Crippen molar-refractivity contribution in [2.24, 2.45) is 11.7 Å². The Hall–Kier alpha value is -0.160. The summed E-state index contributed by atoms with van der Waals surface area (Å²) >= 11 is 0. The second-order valence-electron chi connectivity index (χ2n) is 6.63. The second kappa shape index (κ2) is 7.21. The van der Waals surface area contributed by atoms with E-state index in [0.717, 1.165) is 32.2 Å². The fourth-order valence-corrected chi connectivity index (χ4v) is 3.79. The van der Waals surface area contributed by atoms with Gasteiger partial charge in [-0.2, -0.15) is 0 Å². The Morgan fingerprint density at radius 2 is 2.00 bits per heavy atom. The summed E-state index contributed by atoms with van der Waals surface area (Å²) in [6.45, 7) is 10.8. The number of likely N-dealkylation sites (tertiary alicyclic amines) is 1. The van der Waals surface area contributed by atoms with Crippen LogP contribution < -0.4 is 5.73 Å². The van der Waals surface area contributed by atoms with Crippen molar-refractivity contribution in [3.8, 4) is 0 Å². The molecule has 4 heteroatoms. The van der Waals surface area contributed by atoms with Crippen LogP contribution >= 0.6 is 0 Å². The fourth-order valence-electron chi connectivity index (χ4n) is 3.79. The molecule has 0 spiro atoms. The van der Waals surface area contributed by atoms with E-state index in [0.29, 0.717) is 6.04 Å². The minimum atomic E-state index is 0.201. The smallest absolute Gasteiger partial charge is 0.0590 e. The molecule has 118 valence electrons. The first kappa shape index (κ1) is 16.2. The third-order valence-corrected chi connectivity index (χ3v) is 5.56. The Morgan fingerprint density at radius 3 is 2.45 bits per heavy atom. The molecule has 1 aliphatic heterocycles. The van der Waals surface area contributed by atoms with E-state index in [4.69, 9.17) is 10.5 Å². The van der Waals surface area contributed by atoms with Gasteiger partial charge in [0.15, 0.2) is 0 Å². The molecule has 1 aliphatic carbocycles. The van der Waals surface area contributed by atoms with Crippen molar-refractivity contribution < 1.29 is 4.74 Å². The molecule has 0 amide bonds. The molecule has 20 heavy (non-hydrogen) atoms. The maximum absolute atomic E-state index is 6.26. The number of hydrogen-bond acceptors (Lipinski definition) is 4. The van der Waals surface area contributed by atoms with Crippen LogP contribution in [0.1, 0.15) is 39.5 Å². The average Bonchev–Trinajstić information content (AvgIpc) is 3.32. The van der Waals surface area contributed by atoms with Gasteiger partial charge in [-0.05, 0) is 58.2 Å². The standard InChI is InChI=1S/C16H33N3O/c1-4-18-9-7-16(13-17,8-10-18)19(11-12-20-3)14(2)15-5-6-15/h14-15H,4-13,17H2,1-3H3. The van der Waals surface area contributed by atoms with E-state index in [9.17, 15) is 0 Å². The summed E-state index contributed by atoms with van der Waals surface area (Å²) in [6.07, 6.45) is 5.20. The van der Waals surface area contributed by atoms with Crippen molar-refractivity contribution in [2.45, 2.75) is 51.1 Å². The first-order valence-corrected chi connectivity index (χ1v) is 8.35. The minimum absolute atomic E-state index is 0.201. The van der Waals surface area contributed by atoms with Crippen molar-refractivity contribution >= 4 is 0 Å². The Kier molecular flexibility index (Phi) is 5.84. The van der Waals surface area contributed by atoms with Crippen molar-refractivity contribution in [3.63, 3.8) is 0 Å². The molecule has 2 aliphatic rings. The van der Waals surface area contributed by atoms with Gasteiger partial charge in [0, 0.05) is 31.8 Å². The molecule has 0 radical (unpaired) electrons. The lowest BCUT2D eigenvalue weighted by atomic mass is 9.84. The molecule has 2 rings (SSSR count). The molecule has 2 fully saturated rings. The summed E-state index contributed by atoms with van der Waals surface area (Å²) in [5.41, 5.74) is 6.46. The summed E-state index contributed by atoms with van der Waals surface area (Å²) in [5, 5.41) is 0. The maximum Gasteiger partial charge on any atom is 0.0590 e. The number of hydrogen-bond donors (Lipinski definition) is 1. The van der Waals surface area contributed by atoms with Gasteiger partial charge in [0.25, 0.3) is 0 Å². The van der Waals surface area contributed by atoms with Gasteiger partial charge in [-0.1, -0.05) is 6.92 Å². The van der Waals surface area contributed by atoms with E-state index in [1.807, 2.05) is 0 Å². The van der Waals surface area contributed by atoms with Gasteiger partial charge in [0.2, 0.25) is 0 Å². The topological polar surface area (TPSA) is 41.7 Å². The first-order valence-electron chi connectivity index (χ1n) is 8.35. The summed E-state index contributed by atoms with van der Waals surface area (Å²) in [6, 6.07) is 0.655. The number of methoxy groups -OCH3 is 1. The molecular formula is C16H33N3O. The Morgan fingerprint density at radius 1 is 1.35 bits per heavy atom. The lowest BCUT2D eigenvalue weighted by Gasteiger charge is -2.51. The lowest BCUT2D eigenvalue weighted by Crippen LogP contribution is -2.62. The Balaban J connectivity index is 2.06. The molecule has 1 heterocycles. The second-order valence-corrected chi connectivity index (χ2v) is 6.63. The van der Waals surface area contributed by atoms with Crippen LogP contribution in [0.5, 0.6) is 0 Å². The van der Waals surface area contributed by atoms with Crippen LogP contribution in [0, 0.1) is 5.92 Å². The quantitative estimate of drug-likeness (QED) is 0.734. The largest absolute Gasteiger partial charge is 0.383 e. The van der Waals surface area contributed by atoms with Crippen LogP contribution in [-0.4, -0.2) is 67.8 Å². The van der Waals surface area contributed by atoms with E-state index in [1.54, 1.807) is 7.11 Å². The van der Waals surface area contributed by atoms with Crippen molar-refractivity contribution in [1.29, 1.82) is 0 Å². The zero-order valence-corrected chi connectivity index (χ0v) is 13.6. The monoisotopic (exact) mass is 283 g/mol. The van der Waals surface area contributed by atoms with Crippen molar-refractivity contribution in [2.75, 3.05) is 46.4 Å². The predicted octanol–water partition coefficient (Wildman–Crippen LogP) is 1.55. The summed E-state index contributed by atoms with van der Waals surface area (Å²) < 4.78 is 5.35. The van der Waals surface area contributed by atoms with E-state index in [1.165, 1.54) is 38.8 Å². The zero-order chi connectivity index (χ0) is 14.6. The molecule has 0 bridgehead atoms. The van der Waals surface area contributed by atoms with Crippen LogP contribution in [0.4, 0.5) is 0 Å². The number of ether oxygens (including phenoxy) is 1. The number of piperidine rings is 1. The summed E-state index contributed by atoms with van der Waals surface area (Å²) in [7, 11) is 1.80. The van der Waals surface area contributed by atoms with E-state index in [2.05, 4.69) is 23.6 Å². The van der Waals surface area contributed by atoms with Gasteiger partial charge in [0.05, 0.1) is 6.61 Å². The molecular weight excluding hydrogens is 250 g/mol. The number of nitrogens with zero attached hydrogens (tertiary/aromatic N) is 2. The normalized spacial score (nSPS) is 25.1. The molecule has 4 nitrogen and oxygen atoms in total. The first-order chi connectivity index (χ1) is 9.66. The van der Waals surface area contributed by atoms with E-state index < -0.39 is 0 Å². The zero-order valence-electron chi connectivity index (χ0n) is 13.6. The van der Waals surface area contributed by atoms with Crippen LogP contribution in [0.25, 0.3) is 0 Å². The van der Waals surface area contributed by atoms with E-state index >= 15 is 0 Å². The molecule has 0 aromatic rings. The summed E-state index contributed by atoms with van der Waals surface area (Å²) in [4.78, 5) is 5.24. The minimum Gasteiger partial charge on any atom is -0.383 e. The highest BCUT2D eigenvalue weighted by atomic mass is 16.5. The highest BCUT2D eigenvalue weighted by molar-refractivity contribution is 5.00. The van der Waals surface area contributed by atoms with Crippen molar-refractivity contribution in [1.82, 2.24) is 9.80 Å². The van der Waals surface area contributed by atoms with Gasteiger partial charge < -0.3 is 15.4 Å². The molecule has 1 atom stereocenters. The average molecular weight is 283 g/mol. The van der Waals surface area contributed by atoms with Gasteiger partial charge >= 0.3 is 0 Å². The Labute approximate surface area is 124 Å². The third kappa shape index (κ3) is 3.53. The van der Waals surface area contributed by atoms with Gasteiger partial charge in [0.1, 0.15) is 0 Å². The van der Waals surface area contributed by atoms with Gasteiger partial charge in [-0.25, -0.2) is 0 Å². The SMILES string of the molecule is CCN1CCC(CN)(N(CCOC)C(C)C2CC2)CC1.